The summed E-state index contributed by atoms with van der Waals surface area (Å²) in [4.78, 5) is 14.1. The van der Waals surface area contributed by atoms with Crippen molar-refractivity contribution in [2.75, 3.05) is 7.11 Å². The molecule has 4 nitrogen and oxygen atoms in total. The highest BCUT2D eigenvalue weighted by Crippen LogP contribution is 2.34. The number of phenols is 1. The number of rotatable bonds is 4. The summed E-state index contributed by atoms with van der Waals surface area (Å²) >= 11 is 0. The van der Waals surface area contributed by atoms with E-state index in [1.165, 1.54) is 23.8 Å². The summed E-state index contributed by atoms with van der Waals surface area (Å²) < 4.78 is 4.71. The Morgan fingerprint density at radius 3 is 2.46 bits per heavy atom. The zero-order valence-corrected chi connectivity index (χ0v) is 15.8. The van der Waals surface area contributed by atoms with Crippen molar-refractivity contribution < 1.29 is 14.6 Å². The first kappa shape index (κ1) is 18.3. The minimum Gasteiger partial charge on any atom is -0.507 e. The molecule has 1 unspecified atom stereocenters. The topological polar surface area (TPSA) is 49.8 Å². The predicted octanol–water partition coefficient (Wildman–Crippen LogP) is 4.48. The molecule has 1 atom stereocenters. The molecule has 142 valence electrons. The average Bonchev–Trinajstić information content (AvgIpc) is 2.73. The first-order valence-corrected chi connectivity index (χ1v) is 9.41. The van der Waals surface area contributed by atoms with Crippen molar-refractivity contribution in [2.45, 2.75) is 25.6 Å². The molecule has 28 heavy (non-hydrogen) atoms. The fourth-order valence-electron chi connectivity index (χ4n) is 3.94. The molecular formula is C24H23NO3. The summed E-state index contributed by atoms with van der Waals surface area (Å²) in [5.74, 6) is -0.573. The number of methoxy groups -OCH3 is 1. The Bertz CT molecular complexity index is 984. The third-order valence-corrected chi connectivity index (χ3v) is 5.38. The summed E-state index contributed by atoms with van der Waals surface area (Å²) in [5, 5.41) is 10.2. The van der Waals surface area contributed by atoms with Crippen molar-refractivity contribution in [3.05, 3.63) is 101 Å². The van der Waals surface area contributed by atoms with Crippen LogP contribution in [0.2, 0.25) is 0 Å². The highest BCUT2D eigenvalue weighted by molar-refractivity contribution is 5.92. The molecule has 0 saturated carbocycles. The van der Waals surface area contributed by atoms with E-state index in [4.69, 9.17) is 4.74 Å². The molecule has 1 N–H and O–H groups in total. The molecule has 3 aromatic carbocycles. The maximum Gasteiger partial charge on any atom is 0.341 e. The van der Waals surface area contributed by atoms with Gasteiger partial charge in [-0.2, -0.15) is 0 Å². The molecule has 0 spiro atoms. The van der Waals surface area contributed by atoms with Crippen LogP contribution in [0.15, 0.2) is 72.8 Å². The molecule has 4 heteroatoms. The minimum absolute atomic E-state index is 0.0435. The number of carbonyl (C=O) groups excluding carboxylic acids is 1. The Kier molecular flexibility index (Phi) is 5.13. The van der Waals surface area contributed by atoms with Crippen LogP contribution in [-0.4, -0.2) is 23.1 Å². The predicted molar refractivity (Wildman–Crippen MR) is 108 cm³/mol. The van der Waals surface area contributed by atoms with E-state index in [9.17, 15) is 9.90 Å². The summed E-state index contributed by atoms with van der Waals surface area (Å²) in [6.45, 7) is 1.53. The van der Waals surface area contributed by atoms with Crippen molar-refractivity contribution in [3.8, 4) is 5.75 Å². The van der Waals surface area contributed by atoms with E-state index in [-0.39, 0.29) is 17.4 Å². The lowest BCUT2D eigenvalue weighted by atomic mass is 9.89. The Labute approximate surface area is 165 Å². The number of hydrogen-bond donors (Lipinski definition) is 1. The monoisotopic (exact) mass is 373 g/mol. The molecule has 0 fully saturated rings. The van der Waals surface area contributed by atoms with Crippen LogP contribution in [0.4, 0.5) is 0 Å². The summed E-state index contributed by atoms with van der Waals surface area (Å²) in [6, 6.07) is 24.5. The van der Waals surface area contributed by atoms with Crippen LogP contribution in [0.1, 0.15) is 38.7 Å². The van der Waals surface area contributed by atoms with E-state index >= 15 is 0 Å². The molecule has 0 saturated heterocycles. The second kappa shape index (κ2) is 7.87. The van der Waals surface area contributed by atoms with Gasteiger partial charge in [0, 0.05) is 19.1 Å². The third-order valence-electron chi connectivity index (χ3n) is 5.38. The van der Waals surface area contributed by atoms with Gasteiger partial charge >= 0.3 is 5.97 Å². The fraction of sp³-hybridized carbons (Fsp3) is 0.208. The number of carbonyl (C=O) groups is 1. The van der Waals surface area contributed by atoms with Crippen LogP contribution >= 0.6 is 0 Å². The van der Waals surface area contributed by atoms with Crippen molar-refractivity contribution in [1.82, 2.24) is 4.90 Å². The lowest BCUT2D eigenvalue weighted by Crippen LogP contribution is -2.33. The molecule has 1 aliphatic rings. The highest BCUT2D eigenvalue weighted by Gasteiger charge is 2.27. The minimum atomic E-state index is -0.530. The van der Waals surface area contributed by atoms with Crippen molar-refractivity contribution in [1.29, 1.82) is 0 Å². The lowest BCUT2D eigenvalue weighted by Gasteiger charge is -2.37. The Hall–Kier alpha value is -3.11. The molecule has 0 amide bonds. The zero-order chi connectivity index (χ0) is 19.5. The third kappa shape index (κ3) is 3.64. The van der Waals surface area contributed by atoms with E-state index in [0.29, 0.717) is 6.54 Å². The maximum atomic E-state index is 11.7. The van der Waals surface area contributed by atoms with Crippen LogP contribution in [-0.2, 0) is 24.2 Å². The second-order valence-corrected chi connectivity index (χ2v) is 7.15. The van der Waals surface area contributed by atoms with Gasteiger partial charge in [0.05, 0.1) is 7.11 Å². The normalized spacial score (nSPS) is 16.4. The van der Waals surface area contributed by atoms with Gasteiger partial charge in [-0.1, -0.05) is 60.7 Å². The van der Waals surface area contributed by atoms with Crippen LogP contribution in [0.3, 0.4) is 0 Å². The second-order valence-electron chi connectivity index (χ2n) is 7.15. The first-order chi connectivity index (χ1) is 13.7. The lowest BCUT2D eigenvalue weighted by molar-refractivity contribution is 0.0597. The van der Waals surface area contributed by atoms with Crippen molar-refractivity contribution in [3.63, 3.8) is 0 Å². The first-order valence-electron chi connectivity index (χ1n) is 9.41. The molecule has 1 aliphatic heterocycles. The van der Waals surface area contributed by atoms with E-state index in [1.807, 2.05) is 12.1 Å². The van der Waals surface area contributed by atoms with E-state index < -0.39 is 5.97 Å². The standard InChI is InChI=1S/C24H23NO3/c1-28-24(27)21-12-11-17(13-23(21)26)15-25-16-20-10-6-5-9-19(20)14-22(25)18-7-3-2-4-8-18/h2-13,22,26H,14-16H2,1H3. The molecular weight excluding hydrogens is 350 g/mol. The van der Waals surface area contributed by atoms with Gasteiger partial charge in [-0.05, 0) is 40.8 Å². The molecule has 0 bridgehead atoms. The quantitative estimate of drug-likeness (QED) is 0.685. The molecule has 1 heterocycles. The van der Waals surface area contributed by atoms with Crippen LogP contribution < -0.4 is 0 Å². The van der Waals surface area contributed by atoms with Gasteiger partial charge in [0.2, 0.25) is 0 Å². The Morgan fingerprint density at radius 1 is 1.04 bits per heavy atom. The molecule has 4 rings (SSSR count). The Balaban J connectivity index is 1.64. The van der Waals surface area contributed by atoms with Gasteiger partial charge in [-0.3, -0.25) is 4.90 Å². The number of fused-ring (bicyclic) bond motifs is 1. The zero-order valence-electron chi connectivity index (χ0n) is 15.8. The fourth-order valence-corrected chi connectivity index (χ4v) is 3.94. The average molecular weight is 373 g/mol. The summed E-state index contributed by atoms with van der Waals surface area (Å²) in [7, 11) is 1.31. The van der Waals surface area contributed by atoms with Crippen molar-refractivity contribution >= 4 is 5.97 Å². The van der Waals surface area contributed by atoms with Crippen LogP contribution in [0, 0.1) is 0 Å². The smallest absolute Gasteiger partial charge is 0.341 e. The van der Waals surface area contributed by atoms with E-state index in [0.717, 1.165) is 18.5 Å². The SMILES string of the molecule is COC(=O)c1ccc(CN2Cc3ccccc3CC2c2ccccc2)cc1O. The van der Waals surface area contributed by atoms with Gasteiger partial charge in [0.15, 0.2) is 0 Å². The van der Waals surface area contributed by atoms with Gasteiger partial charge in [0.25, 0.3) is 0 Å². The molecule has 0 aliphatic carbocycles. The van der Waals surface area contributed by atoms with Crippen molar-refractivity contribution in [2.24, 2.45) is 0 Å². The summed E-state index contributed by atoms with van der Waals surface area (Å²) in [6.07, 6.45) is 0.951. The molecule has 0 radical (unpaired) electrons. The van der Waals surface area contributed by atoms with Gasteiger partial charge < -0.3 is 9.84 Å². The summed E-state index contributed by atoms with van der Waals surface area (Å²) in [5.41, 5.74) is 5.16. The number of nitrogens with zero attached hydrogens (tertiary/aromatic N) is 1. The van der Waals surface area contributed by atoms with Gasteiger partial charge in [-0.25, -0.2) is 4.79 Å². The Morgan fingerprint density at radius 2 is 1.75 bits per heavy atom. The van der Waals surface area contributed by atoms with Crippen LogP contribution in [0.25, 0.3) is 0 Å². The van der Waals surface area contributed by atoms with E-state index in [1.54, 1.807) is 12.1 Å². The number of benzene rings is 3. The number of aromatic hydroxyl groups is 1. The number of hydrogen-bond acceptors (Lipinski definition) is 4. The number of phenolic OH excluding ortho intramolecular Hbond substituents is 1. The maximum absolute atomic E-state index is 11.7. The molecule has 3 aromatic rings. The largest absolute Gasteiger partial charge is 0.507 e. The highest BCUT2D eigenvalue weighted by atomic mass is 16.5. The molecule has 0 aromatic heterocycles. The number of esters is 1. The van der Waals surface area contributed by atoms with Gasteiger partial charge in [-0.15, -0.1) is 0 Å². The van der Waals surface area contributed by atoms with Crippen LogP contribution in [0.5, 0.6) is 5.75 Å². The van der Waals surface area contributed by atoms with E-state index in [2.05, 4.69) is 53.4 Å². The van der Waals surface area contributed by atoms with Gasteiger partial charge in [0.1, 0.15) is 11.3 Å². The number of ether oxygens (including phenoxy) is 1.